The van der Waals surface area contributed by atoms with Crippen molar-refractivity contribution in [3.05, 3.63) is 60.1 Å². The van der Waals surface area contributed by atoms with Crippen LogP contribution in [0.15, 0.2) is 53.3 Å². The third kappa shape index (κ3) is 2.67. The lowest BCUT2D eigenvalue weighted by atomic mass is 9.58. The van der Waals surface area contributed by atoms with E-state index in [4.69, 9.17) is 18.6 Å². The number of furan rings is 1. The molecule has 8 heteroatoms. The average molecular weight is 412 g/mol. The molecule has 0 amide bonds. The highest BCUT2D eigenvalue weighted by molar-refractivity contribution is 5.90. The molecule has 0 spiro atoms. The van der Waals surface area contributed by atoms with Gasteiger partial charge < -0.3 is 23.7 Å². The van der Waals surface area contributed by atoms with E-state index in [0.29, 0.717) is 11.1 Å². The monoisotopic (exact) mass is 412 g/mol. The molecule has 8 nitrogen and oxygen atoms in total. The molecule has 1 aliphatic carbocycles. The van der Waals surface area contributed by atoms with Crippen LogP contribution in [0.5, 0.6) is 0 Å². The standard InChI is InChI=1S/C22H20O8/c1-22-9-13(28-21(22)26)16(23)14-15(22)18(30-19(24)11-5-3-2-4-6-11)17(29-20(14)25)12-7-8-27-10-12/h2-8,10,13-18,23H,9H2,1H3. The number of cyclic esters (lactones) is 1. The van der Waals surface area contributed by atoms with Gasteiger partial charge in [-0.15, -0.1) is 0 Å². The molecule has 1 N–H and O–H groups in total. The van der Waals surface area contributed by atoms with Crippen molar-refractivity contribution in [3.63, 3.8) is 0 Å². The minimum Gasteiger partial charge on any atom is -0.472 e. The highest BCUT2D eigenvalue weighted by Gasteiger charge is 2.69. The summed E-state index contributed by atoms with van der Waals surface area (Å²) in [6.45, 7) is 1.69. The Morgan fingerprint density at radius 2 is 1.93 bits per heavy atom. The predicted molar refractivity (Wildman–Crippen MR) is 98.8 cm³/mol. The maximum absolute atomic E-state index is 12.9. The number of fused-ring (bicyclic) bond motifs is 4. The zero-order valence-corrected chi connectivity index (χ0v) is 16.1. The molecule has 3 heterocycles. The SMILES string of the molecule is CC12CC(OC1=O)C(O)C1C(=O)OC(c3ccoc3)C(OC(=O)c3ccccc3)C12. The van der Waals surface area contributed by atoms with E-state index in [9.17, 15) is 19.5 Å². The molecule has 2 saturated heterocycles. The molecule has 2 bridgehead atoms. The molecular formula is C22H20O8. The Morgan fingerprint density at radius 3 is 2.63 bits per heavy atom. The van der Waals surface area contributed by atoms with Crippen molar-refractivity contribution >= 4 is 17.9 Å². The van der Waals surface area contributed by atoms with Crippen LogP contribution in [0, 0.1) is 17.3 Å². The Labute approximate surface area is 171 Å². The summed E-state index contributed by atoms with van der Waals surface area (Å²) in [4.78, 5) is 38.5. The molecule has 156 valence electrons. The number of rotatable bonds is 3. The van der Waals surface area contributed by atoms with Crippen LogP contribution in [-0.4, -0.2) is 41.3 Å². The minimum atomic E-state index is -1.23. The van der Waals surface area contributed by atoms with Gasteiger partial charge in [0.15, 0.2) is 6.10 Å². The van der Waals surface area contributed by atoms with Gasteiger partial charge in [-0.25, -0.2) is 4.79 Å². The number of ether oxygens (including phenoxy) is 3. The molecule has 2 aromatic rings. The summed E-state index contributed by atoms with van der Waals surface area (Å²) in [5.41, 5.74) is -0.276. The first-order chi connectivity index (χ1) is 14.4. The highest BCUT2D eigenvalue weighted by Crippen LogP contribution is 2.57. The van der Waals surface area contributed by atoms with Crippen LogP contribution in [-0.2, 0) is 23.8 Å². The van der Waals surface area contributed by atoms with Crippen molar-refractivity contribution in [3.8, 4) is 0 Å². The van der Waals surface area contributed by atoms with E-state index in [1.54, 1.807) is 43.3 Å². The number of hydrogen-bond donors (Lipinski definition) is 1. The predicted octanol–water partition coefficient (Wildman–Crippen LogP) is 2.03. The molecule has 5 rings (SSSR count). The van der Waals surface area contributed by atoms with Crippen LogP contribution in [0.1, 0.15) is 35.4 Å². The number of benzene rings is 1. The Balaban J connectivity index is 1.59. The van der Waals surface area contributed by atoms with E-state index in [1.807, 2.05) is 0 Å². The van der Waals surface area contributed by atoms with Gasteiger partial charge in [-0.3, -0.25) is 9.59 Å². The van der Waals surface area contributed by atoms with Gasteiger partial charge in [0.2, 0.25) is 0 Å². The fourth-order valence-electron chi connectivity index (χ4n) is 5.03. The number of aliphatic hydroxyl groups excluding tert-OH is 1. The van der Waals surface area contributed by atoms with E-state index < -0.39 is 59.6 Å². The van der Waals surface area contributed by atoms with Crippen molar-refractivity contribution in [1.29, 1.82) is 0 Å². The van der Waals surface area contributed by atoms with E-state index >= 15 is 0 Å². The maximum Gasteiger partial charge on any atom is 0.338 e. The number of esters is 3. The van der Waals surface area contributed by atoms with Crippen LogP contribution >= 0.6 is 0 Å². The Morgan fingerprint density at radius 1 is 1.17 bits per heavy atom. The molecule has 2 aliphatic heterocycles. The summed E-state index contributed by atoms with van der Waals surface area (Å²) in [5.74, 6) is -3.64. The third-order valence-corrected chi connectivity index (χ3v) is 6.51. The summed E-state index contributed by atoms with van der Waals surface area (Å²) in [6, 6.07) is 10.0. The number of hydrogen-bond acceptors (Lipinski definition) is 8. The molecule has 3 fully saturated rings. The van der Waals surface area contributed by atoms with E-state index in [0.717, 1.165) is 0 Å². The third-order valence-electron chi connectivity index (χ3n) is 6.51. The van der Waals surface area contributed by atoms with Crippen LogP contribution in [0.2, 0.25) is 0 Å². The molecular weight excluding hydrogens is 392 g/mol. The maximum atomic E-state index is 12.9. The molecule has 7 atom stereocenters. The normalized spacial score (nSPS) is 37.1. The molecule has 30 heavy (non-hydrogen) atoms. The first kappa shape index (κ1) is 18.9. The first-order valence-corrected chi connectivity index (χ1v) is 9.78. The molecule has 7 unspecified atom stereocenters. The summed E-state index contributed by atoms with van der Waals surface area (Å²) in [5, 5.41) is 10.7. The number of carbonyl (C=O) groups is 3. The Hall–Kier alpha value is -3.13. The summed E-state index contributed by atoms with van der Waals surface area (Å²) in [6.07, 6.45) is -0.943. The van der Waals surface area contributed by atoms with E-state index in [2.05, 4.69) is 0 Å². The van der Waals surface area contributed by atoms with Gasteiger partial charge in [-0.05, 0) is 25.1 Å². The van der Waals surface area contributed by atoms with Gasteiger partial charge in [-0.1, -0.05) is 18.2 Å². The van der Waals surface area contributed by atoms with Gasteiger partial charge in [-0.2, -0.15) is 0 Å². The van der Waals surface area contributed by atoms with Crippen LogP contribution in [0.3, 0.4) is 0 Å². The van der Waals surface area contributed by atoms with Gasteiger partial charge in [0.1, 0.15) is 18.3 Å². The molecule has 3 aliphatic rings. The molecule has 1 aromatic heterocycles. The average Bonchev–Trinajstić information content (AvgIpc) is 3.36. The second kappa shape index (κ2) is 6.70. The van der Waals surface area contributed by atoms with Gasteiger partial charge in [0.05, 0.1) is 29.4 Å². The minimum absolute atomic E-state index is 0.235. The summed E-state index contributed by atoms with van der Waals surface area (Å²) in [7, 11) is 0. The number of aliphatic hydroxyl groups is 1. The summed E-state index contributed by atoms with van der Waals surface area (Å²) >= 11 is 0. The molecule has 1 aromatic carbocycles. The lowest BCUT2D eigenvalue weighted by Gasteiger charge is -2.49. The van der Waals surface area contributed by atoms with Crippen molar-refractivity contribution in [2.45, 2.75) is 37.8 Å². The van der Waals surface area contributed by atoms with Gasteiger partial charge in [0, 0.05) is 17.9 Å². The van der Waals surface area contributed by atoms with Crippen molar-refractivity contribution in [2.24, 2.45) is 17.3 Å². The quantitative estimate of drug-likeness (QED) is 0.602. The Kier molecular flexibility index (Phi) is 4.21. The zero-order valence-electron chi connectivity index (χ0n) is 16.1. The smallest absolute Gasteiger partial charge is 0.338 e. The second-order valence-electron chi connectivity index (χ2n) is 8.26. The van der Waals surface area contributed by atoms with Crippen LogP contribution in [0.25, 0.3) is 0 Å². The largest absolute Gasteiger partial charge is 0.472 e. The molecule has 0 radical (unpaired) electrons. The van der Waals surface area contributed by atoms with Crippen LogP contribution < -0.4 is 0 Å². The van der Waals surface area contributed by atoms with E-state index in [1.165, 1.54) is 12.5 Å². The van der Waals surface area contributed by atoms with Crippen LogP contribution in [0.4, 0.5) is 0 Å². The summed E-state index contributed by atoms with van der Waals surface area (Å²) < 4.78 is 22.0. The van der Waals surface area contributed by atoms with Gasteiger partial charge >= 0.3 is 17.9 Å². The second-order valence-corrected chi connectivity index (χ2v) is 8.26. The zero-order chi connectivity index (χ0) is 21.0. The van der Waals surface area contributed by atoms with E-state index in [-0.39, 0.29) is 6.42 Å². The molecule has 1 saturated carbocycles. The van der Waals surface area contributed by atoms with Gasteiger partial charge in [0.25, 0.3) is 0 Å². The number of carbonyl (C=O) groups excluding carboxylic acids is 3. The van der Waals surface area contributed by atoms with Crippen molar-refractivity contribution < 1.29 is 38.1 Å². The Bertz CT molecular complexity index is 984. The lowest BCUT2D eigenvalue weighted by molar-refractivity contribution is -0.210. The lowest BCUT2D eigenvalue weighted by Crippen LogP contribution is -2.60. The van der Waals surface area contributed by atoms with Crippen molar-refractivity contribution in [2.75, 3.05) is 0 Å². The topological polar surface area (TPSA) is 112 Å². The highest BCUT2D eigenvalue weighted by atomic mass is 16.6. The fraction of sp³-hybridized carbons (Fsp3) is 0.409. The van der Waals surface area contributed by atoms with Crippen molar-refractivity contribution in [1.82, 2.24) is 0 Å². The fourth-order valence-corrected chi connectivity index (χ4v) is 5.03. The first-order valence-electron chi connectivity index (χ1n) is 9.78.